The van der Waals surface area contributed by atoms with Gasteiger partial charge >= 0.3 is 0 Å². The smallest absolute Gasteiger partial charge is 0.269 e. The van der Waals surface area contributed by atoms with Gasteiger partial charge in [0.1, 0.15) is 5.69 Å². The number of ether oxygens (including phenoxy) is 1. The molecule has 0 saturated carbocycles. The van der Waals surface area contributed by atoms with Gasteiger partial charge in [-0.1, -0.05) is 12.1 Å². The molecule has 2 rings (SSSR count). The van der Waals surface area contributed by atoms with Gasteiger partial charge in [0, 0.05) is 12.7 Å². The van der Waals surface area contributed by atoms with Crippen LogP contribution in [-0.4, -0.2) is 29.7 Å². The van der Waals surface area contributed by atoms with Crippen molar-refractivity contribution in [1.82, 2.24) is 10.3 Å². The molecule has 0 radical (unpaired) electrons. The van der Waals surface area contributed by atoms with Crippen molar-refractivity contribution in [3.05, 3.63) is 53.9 Å². The van der Waals surface area contributed by atoms with E-state index in [1.165, 1.54) is 7.11 Å². The molecule has 0 fully saturated rings. The first-order valence-corrected chi connectivity index (χ1v) is 6.26. The highest BCUT2D eigenvalue weighted by Crippen LogP contribution is 2.26. The van der Waals surface area contributed by atoms with Gasteiger partial charge in [-0.15, -0.1) is 0 Å². The molecule has 2 N–H and O–H groups in total. The number of carbonyl (C=O) groups excluding carboxylic acids is 1. The highest BCUT2D eigenvalue weighted by Gasteiger charge is 2.06. The summed E-state index contributed by atoms with van der Waals surface area (Å²) >= 11 is 0. The molecule has 20 heavy (non-hydrogen) atoms. The maximum Gasteiger partial charge on any atom is 0.269 e. The lowest BCUT2D eigenvalue weighted by molar-refractivity contribution is 0.0949. The summed E-state index contributed by atoms with van der Waals surface area (Å²) in [5.41, 5.74) is 1.31. The van der Waals surface area contributed by atoms with E-state index in [0.717, 1.165) is 5.56 Å². The van der Waals surface area contributed by atoms with Crippen molar-refractivity contribution in [2.24, 2.45) is 0 Å². The number of carbonyl (C=O) groups is 1. The molecule has 2 aromatic rings. The number of rotatable bonds is 5. The molecule has 1 heterocycles. The normalized spacial score (nSPS) is 10.1. The van der Waals surface area contributed by atoms with Gasteiger partial charge in [-0.3, -0.25) is 9.78 Å². The fourth-order valence-corrected chi connectivity index (χ4v) is 1.80. The van der Waals surface area contributed by atoms with Gasteiger partial charge in [-0.2, -0.15) is 0 Å². The van der Waals surface area contributed by atoms with E-state index in [2.05, 4.69) is 10.3 Å². The lowest BCUT2D eigenvalue weighted by Gasteiger charge is -2.07. The number of nitrogens with zero attached hydrogens (tertiary/aromatic N) is 1. The number of pyridine rings is 1. The number of benzene rings is 1. The van der Waals surface area contributed by atoms with Crippen LogP contribution < -0.4 is 10.1 Å². The van der Waals surface area contributed by atoms with Gasteiger partial charge < -0.3 is 15.2 Å². The predicted molar refractivity (Wildman–Crippen MR) is 74.9 cm³/mol. The molecule has 1 amide bonds. The van der Waals surface area contributed by atoms with Crippen LogP contribution in [0.15, 0.2) is 42.6 Å². The van der Waals surface area contributed by atoms with Crippen LogP contribution in [0.3, 0.4) is 0 Å². The minimum absolute atomic E-state index is 0.0982. The van der Waals surface area contributed by atoms with E-state index in [1.807, 2.05) is 6.07 Å². The zero-order valence-corrected chi connectivity index (χ0v) is 11.2. The van der Waals surface area contributed by atoms with Crippen LogP contribution in [0.2, 0.25) is 0 Å². The number of amides is 1. The van der Waals surface area contributed by atoms with Gasteiger partial charge in [0.15, 0.2) is 11.5 Å². The van der Waals surface area contributed by atoms with E-state index in [4.69, 9.17) is 4.74 Å². The van der Waals surface area contributed by atoms with Crippen LogP contribution in [0.1, 0.15) is 16.1 Å². The van der Waals surface area contributed by atoms with Crippen LogP contribution in [0.25, 0.3) is 0 Å². The number of hydrogen-bond donors (Lipinski definition) is 2. The molecule has 5 heteroatoms. The Morgan fingerprint density at radius 2 is 2.20 bits per heavy atom. The van der Waals surface area contributed by atoms with Crippen LogP contribution in [0.4, 0.5) is 0 Å². The molecule has 5 nitrogen and oxygen atoms in total. The van der Waals surface area contributed by atoms with Gasteiger partial charge in [0.05, 0.1) is 7.11 Å². The second-order valence-corrected chi connectivity index (χ2v) is 4.23. The Labute approximate surface area is 117 Å². The Balaban J connectivity index is 1.87. The fourth-order valence-electron chi connectivity index (χ4n) is 1.80. The summed E-state index contributed by atoms with van der Waals surface area (Å²) in [6.07, 6.45) is 2.20. The van der Waals surface area contributed by atoms with Crippen LogP contribution >= 0.6 is 0 Å². The van der Waals surface area contributed by atoms with Gasteiger partial charge in [-0.05, 0) is 36.2 Å². The van der Waals surface area contributed by atoms with Gasteiger partial charge in [0.2, 0.25) is 0 Å². The van der Waals surface area contributed by atoms with E-state index in [0.29, 0.717) is 24.4 Å². The molecule has 0 bridgehead atoms. The quantitative estimate of drug-likeness (QED) is 0.870. The summed E-state index contributed by atoms with van der Waals surface area (Å²) < 4.78 is 4.97. The number of nitrogens with one attached hydrogen (secondary N) is 1. The number of phenolic OH excluding ortho intramolecular Hbond substituents is 1. The minimum Gasteiger partial charge on any atom is -0.504 e. The van der Waals surface area contributed by atoms with E-state index >= 15 is 0 Å². The monoisotopic (exact) mass is 272 g/mol. The number of hydrogen-bond acceptors (Lipinski definition) is 4. The Hall–Kier alpha value is -2.56. The highest BCUT2D eigenvalue weighted by atomic mass is 16.5. The number of aromatic hydroxyl groups is 1. The van der Waals surface area contributed by atoms with Gasteiger partial charge in [-0.25, -0.2) is 0 Å². The van der Waals surface area contributed by atoms with E-state index < -0.39 is 0 Å². The zero-order valence-electron chi connectivity index (χ0n) is 11.2. The Bertz CT molecular complexity index is 585. The molecule has 0 spiro atoms. The predicted octanol–water partition coefficient (Wildman–Crippen LogP) is 1.77. The van der Waals surface area contributed by atoms with Crippen molar-refractivity contribution in [2.75, 3.05) is 13.7 Å². The second kappa shape index (κ2) is 6.56. The third kappa shape index (κ3) is 3.47. The number of phenols is 1. The molecule has 0 aliphatic heterocycles. The molecule has 0 saturated heterocycles. The largest absolute Gasteiger partial charge is 0.504 e. The average Bonchev–Trinajstić information content (AvgIpc) is 2.48. The maximum atomic E-state index is 11.8. The molecule has 0 atom stereocenters. The number of methoxy groups -OCH3 is 1. The summed E-state index contributed by atoms with van der Waals surface area (Å²) in [4.78, 5) is 15.7. The summed E-state index contributed by atoms with van der Waals surface area (Å²) in [6.45, 7) is 0.473. The van der Waals surface area contributed by atoms with E-state index in [9.17, 15) is 9.90 Å². The summed E-state index contributed by atoms with van der Waals surface area (Å²) in [7, 11) is 1.50. The van der Waals surface area contributed by atoms with Crippen molar-refractivity contribution in [2.45, 2.75) is 6.42 Å². The van der Waals surface area contributed by atoms with Crippen molar-refractivity contribution >= 4 is 5.91 Å². The van der Waals surface area contributed by atoms with Gasteiger partial charge in [0.25, 0.3) is 5.91 Å². The Kier molecular flexibility index (Phi) is 4.55. The average molecular weight is 272 g/mol. The molecular weight excluding hydrogens is 256 g/mol. The third-order valence-electron chi connectivity index (χ3n) is 2.84. The first-order chi connectivity index (χ1) is 9.70. The first-order valence-electron chi connectivity index (χ1n) is 6.26. The van der Waals surface area contributed by atoms with Crippen molar-refractivity contribution in [1.29, 1.82) is 0 Å². The maximum absolute atomic E-state index is 11.8. The fraction of sp³-hybridized carbons (Fsp3) is 0.200. The molecule has 1 aromatic carbocycles. The van der Waals surface area contributed by atoms with E-state index in [-0.39, 0.29) is 11.7 Å². The lowest BCUT2D eigenvalue weighted by Crippen LogP contribution is -2.26. The van der Waals surface area contributed by atoms with Crippen LogP contribution in [-0.2, 0) is 6.42 Å². The third-order valence-corrected chi connectivity index (χ3v) is 2.84. The van der Waals surface area contributed by atoms with Crippen molar-refractivity contribution in [3.8, 4) is 11.5 Å². The molecule has 0 aliphatic carbocycles. The summed E-state index contributed by atoms with van der Waals surface area (Å²) in [6, 6.07) is 10.4. The van der Waals surface area contributed by atoms with Crippen molar-refractivity contribution < 1.29 is 14.6 Å². The van der Waals surface area contributed by atoms with Crippen molar-refractivity contribution in [3.63, 3.8) is 0 Å². The van der Waals surface area contributed by atoms with Crippen LogP contribution in [0.5, 0.6) is 11.5 Å². The molecular formula is C15H16N2O3. The molecule has 104 valence electrons. The first kappa shape index (κ1) is 13.9. The Morgan fingerprint density at radius 3 is 2.85 bits per heavy atom. The lowest BCUT2D eigenvalue weighted by atomic mass is 10.1. The SMILES string of the molecule is COc1ccc(CCNC(=O)c2ccccn2)cc1O. The summed E-state index contributed by atoms with van der Waals surface area (Å²) in [5.74, 6) is 0.329. The second-order valence-electron chi connectivity index (χ2n) is 4.23. The standard InChI is InChI=1S/C15H16N2O3/c1-20-14-6-5-11(10-13(14)18)7-9-17-15(19)12-4-2-3-8-16-12/h2-6,8,10,18H,7,9H2,1H3,(H,17,19). The zero-order chi connectivity index (χ0) is 14.4. The Morgan fingerprint density at radius 1 is 1.35 bits per heavy atom. The number of aromatic nitrogens is 1. The topological polar surface area (TPSA) is 71.5 Å². The minimum atomic E-state index is -0.205. The molecule has 0 unspecified atom stereocenters. The van der Waals surface area contributed by atoms with Crippen LogP contribution in [0, 0.1) is 0 Å². The molecule has 1 aromatic heterocycles. The summed E-state index contributed by atoms with van der Waals surface area (Å²) in [5, 5.41) is 12.4. The van der Waals surface area contributed by atoms with E-state index in [1.54, 1.807) is 36.5 Å². The molecule has 0 aliphatic rings. The highest BCUT2D eigenvalue weighted by molar-refractivity contribution is 5.92.